The monoisotopic (exact) mass is 210 g/mol. The van der Waals surface area contributed by atoms with Gasteiger partial charge in [-0.2, -0.15) is 0 Å². The number of hydrogen-bond donors (Lipinski definition) is 1. The molecule has 0 aliphatic rings. The molecule has 0 saturated carbocycles. The Bertz CT molecular complexity index is 295. The maximum absolute atomic E-state index is 4.32. The molecule has 0 atom stereocenters. The van der Waals surface area contributed by atoms with Crippen LogP contribution in [0.15, 0.2) is 23.2 Å². The van der Waals surface area contributed by atoms with Crippen molar-refractivity contribution in [3.05, 3.63) is 28.2 Å². The molecule has 0 aromatic carbocycles. The summed E-state index contributed by atoms with van der Waals surface area (Å²) in [5.74, 6) is 0. The number of thiazole rings is 1. The van der Waals surface area contributed by atoms with Crippen molar-refractivity contribution >= 4 is 11.3 Å². The summed E-state index contributed by atoms with van der Waals surface area (Å²) in [5, 5.41) is 6.62. The fraction of sp³-hybridized carbons (Fsp3) is 0.545. The summed E-state index contributed by atoms with van der Waals surface area (Å²) < 4.78 is 0. The lowest BCUT2D eigenvalue weighted by Gasteiger charge is -2.23. The van der Waals surface area contributed by atoms with Crippen LogP contribution < -0.4 is 5.32 Å². The van der Waals surface area contributed by atoms with Gasteiger partial charge >= 0.3 is 0 Å². The molecule has 0 fully saturated rings. The Hall–Kier alpha value is -0.670. The van der Waals surface area contributed by atoms with Crippen LogP contribution in [0.2, 0.25) is 0 Å². The van der Waals surface area contributed by atoms with Crippen molar-refractivity contribution < 1.29 is 0 Å². The van der Waals surface area contributed by atoms with E-state index < -0.39 is 0 Å². The van der Waals surface area contributed by atoms with Crippen LogP contribution in [0.1, 0.15) is 32.7 Å². The topological polar surface area (TPSA) is 24.9 Å². The zero-order chi connectivity index (χ0) is 10.6. The highest BCUT2D eigenvalue weighted by Crippen LogP contribution is 2.21. The standard InChI is InChI=1S/C11H18N2S/c1-9(2)5-6-13-11(3,4)10-12-7-8-14-10/h5,7-8,13H,6H2,1-4H3. The van der Waals surface area contributed by atoms with Gasteiger partial charge in [-0.05, 0) is 27.7 Å². The van der Waals surface area contributed by atoms with Crippen LogP contribution in [-0.2, 0) is 5.54 Å². The molecule has 3 heteroatoms. The van der Waals surface area contributed by atoms with Crippen molar-refractivity contribution in [1.82, 2.24) is 10.3 Å². The minimum Gasteiger partial charge on any atom is -0.302 e. The van der Waals surface area contributed by atoms with Crippen LogP contribution >= 0.6 is 11.3 Å². The normalized spacial score (nSPS) is 11.4. The number of nitrogens with zero attached hydrogens (tertiary/aromatic N) is 1. The van der Waals surface area contributed by atoms with Crippen molar-refractivity contribution in [2.45, 2.75) is 33.2 Å². The van der Waals surface area contributed by atoms with Crippen molar-refractivity contribution in [3.8, 4) is 0 Å². The lowest BCUT2D eigenvalue weighted by Crippen LogP contribution is -2.36. The number of aromatic nitrogens is 1. The molecular formula is C11H18N2S. The number of rotatable bonds is 4. The van der Waals surface area contributed by atoms with Gasteiger partial charge in [0.15, 0.2) is 0 Å². The van der Waals surface area contributed by atoms with Crippen LogP contribution in [0, 0.1) is 0 Å². The van der Waals surface area contributed by atoms with Gasteiger partial charge in [-0.15, -0.1) is 11.3 Å². The van der Waals surface area contributed by atoms with Gasteiger partial charge in [0.05, 0.1) is 5.54 Å². The maximum atomic E-state index is 4.32. The smallest absolute Gasteiger partial charge is 0.112 e. The Morgan fingerprint density at radius 2 is 2.29 bits per heavy atom. The van der Waals surface area contributed by atoms with Crippen LogP contribution in [0.3, 0.4) is 0 Å². The van der Waals surface area contributed by atoms with Crippen LogP contribution in [-0.4, -0.2) is 11.5 Å². The highest BCUT2D eigenvalue weighted by Gasteiger charge is 2.21. The largest absolute Gasteiger partial charge is 0.302 e. The van der Waals surface area contributed by atoms with E-state index in [0.717, 1.165) is 11.6 Å². The minimum absolute atomic E-state index is 0.0277. The lowest BCUT2D eigenvalue weighted by molar-refractivity contribution is 0.423. The Kier molecular flexibility index (Phi) is 3.84. The van der Waals surface area contributed by atoms with Gasteiger partial charge in [0.2, 0.25) is 0 Å². The third-order valence-electron chi connectivity index (χ3n) is 2.02. The van der Waals surface area contributed by atoms with Crippen molar-refractivity contribution in [2.75, 3.05) is 6.54 Å². The fourth-order valence-electron chi connectivity index (χ4n) is 1.12. The molecular weight excluding hydrogens is 192 g/mol. The Balaban J connectivity index is 2.55. The Morgan fingerprint density at radius 1 is 1.57 bits per heavy atom. The van der Waals surface area contributed by atoms with Crippen molar-refractivity contribution in [1.29, 1.82) is 0 Å². The molecule has 1 aromatic heterocycles. The fourth-order valence-corrected chi connectivity index (χ4v) is 1.86. The molecule has 0 amide bonds. The molecule has 0 saturated heterocycles. The summed E-state index contributed by atoms with van der Waals surface area (Å²) >= 11 is 1.69. The van der Waals surface area contributed by atoms with Gasteiger partial charge in [-0.25, -0.2) is 4.98 Å². The van der Waals surface area contributed by atoms with E-state index in [9.17, 15) is 0 Å². The molecule has 1 N–H and O–H groups in total. The molecule has 0 radical (unpaired) electrons. The second-order valence-electron chi connectivity index (χ2n) is 4.12. The molecule has 0 aliphatic heterocycles. The zero-order valence-corrected chi connectivity index (χ0v) is 10.1. The molecule has 0 unspecified atom stereocenters. The van der Waals surface area contributed by atoms with E-state index in [1.54, 1.807) is 11.3 Å². The van der Waals surface area contributed by atoms with Crippen LogP contribution in [0.5, 0.6) is 0 Å². The van der Waals surface area contributed by atoms with Crippen LogP contribution in [0.4, 0.5) is 0 Å². The predicted octanol–water partition coefficient (Wildman–Crippen LogP) is 2.93. The second kappa shape index (κ2) is 4.71. The molecule has 1 aromatic rings. The van der Waals surface area contributed by atoms with E-state index in [1.807, 2.05) is 11.6 Å². The van der Waals surface area contributed by atoms with E-state index >= 15 is 0 Å². The van der Waals surface area contributed by atoms with E-state index in [-0.39, 0.29) is 5.54 Å². The van der Waals surface area contributed by atoms with Gasteiger partial charge in [0, 0.05) is 18.1 Å². The maximum Gasteiger partial charge on any atom is 0.112 e. The third kappa shape index (κ3) is 3.24. The summed E-state index contributed by atoms with van der Waals surface area (Å²) in [7, 11) is 0. The van der Waals surface area contributed by atoms with E-state index in [2.05, 4.69) is 44.1 Å². The molecule has 1 rings (SSSR count). The molecule has 2 nitrogen and oxygen atoms in total. The molecule has 0 aliphatic carbocycles. The molecule has 14 heavy (non-hydrogen) atoms. The van der Waals surface area contributed by atoms with Crippen molar-refractivity contribution in [3.63, 3.8) is 0 Å². The third-order valence-corrected chi connectivity index (χ3v) is 3.12. The average Bonchev–Trinajstić information content (AvgIpc) is 2.54. The van der Waals surface area contributed by atoms with Gasteiger partial charge in [0.1, 0.15) is 5.01 Å². The van der Waals surface area contributed by atoms with Gasteiger partial charge < -0.3 is 5.32 Å². The first-order valence-electron chi connectivity index (χ1n) is 4.81. The Morgan fingerprint density at radius 3 is 2.79 bits per heavy atom. The highest BCUT2D eigenvalue weighted by molar-refractivity contribution is 7.09. The van der Waals surface area contributed by atoms with Gasteiger partial charge in [-0.3, -0.25) is 0 Å². The first-order chi connectivity index (χ1) is 6.52. The highest BCUT2D eigenvalue weighted by atomic mass is 32.1. The SMILES string of the molecule is CC(C)=CCNC(C)(C)c1nccs1. The number of nitrogens with one attached hydrogen (secondary N) is 1. The molecule has 0 bridgehead atoms. The van der Waals surface area contributed by atoms with Gasteiger partial charge in [0.25, 0.3) is 0 Å². The van der Waals surface area contributed by atoms with Crippen molar-refractivity contribution in [2.24, 2.45) is 0 Å². The second-order valence-corrected chi connectivity index (χ2v) is 5.02. The van der Waals surface area contributed by atoms with Gasteiger partial charge in [-0.1, -0.05) is 11.6 Å². The summed E-state index contributed by atoms with van der Waals surface area (Å²) in [6.45, 7) is 9.43. The summed E-state index contributed by atoms with van der Waals surface area (Å²) in [6.07, 6.45) is 4.04. The lowest BCUT2D eigenvalue weighted by atomic mass is 10.1. The predicted molar refractivity (Wildman–Crippen MR) is 62.6 cm³/mol. The quantitative estimate of drug-likeness (QED) is 0.773. The molecule has 1 heterocycles. The summed E-state index contributed by atoms with van der Waals surface area (Å²) in [4.78, 5) is 4.32. The number of allylic oxidation sites excluding steroid dienone is 1. The number of hydrogen-bond acceptors (Lipinski definition) is 3. The summed E-state index contributed by atoms with van der Waals surface area (Å²) in [5.41, 5.74) is 1.31. The first kappa shape index (κ1) is 11.4. The zero-order valence-electron chi connectivity index (χ0n) is 9.29. The summed E-state index contributed by atoms with van der Waals surface area (Å²) in [6, 6.07) is 0. The molecule has 78 valence electrons. The first-order valence-corrected chi connectivity index (χ1v) is 5.69. The average molecular weight is 210 g/mol. The van der Waals surface area contributed by atoms with E-state index in [0.29, 0.717) is 0 Å². The van der Waals surface area contributed by atoms with E-state index in [1.165, 1.54) is 5.57 Å². The minimum atomic E-state index is -0.0277. The molecule has 0 spiro atoms. The van der Waals surface area contributed by atoms with Crippen LogP contribution in [0.25, 0.3) is 0 Å². The Labute approximate surface area is 90.1 Å². The van der Waals surface area contributed by atoms with E-state index in [4.69, 9.17) is 0 Å².